The lowest BCUT2D eigenvalue weighted by atomic mass is 10.1. The van der Waals surface area contributed by atoms with Crippen LogP contribution in [0, 0.1) is 3.57 Å². The van der Waals surface area contributed by atoms with Gasteiger partial charge in [-0.25, -0.2) is 0 Å². The summed E-state index contributed by atoms with van der Waals surface area (Å²) in [4.78, 5) is 11.9. The first kappa shape index (κ1) is 20.7. The number of halogens is 1. The highest BCUT2D eigenvalue weighted by Gasteiger charge is 2.04. The van der Waals surface area contributed by atoms with Crippen molar-refractivity contribution in [2.75, 3.05) is 26.4 Å². The van der Waals surface area contributed by atoms with Gasteiger partial charge in [-0.1, -0.05) is 24.3 Å². The molecule has 0 atom stereocenters. The Bertz CT molecular complexity index is 676. The molecule has 0 fully saturated rings. The van der Waals surface area contributed by atoms with Gasteiger partial charge in [-0.2, -0.15) is 0 Å². The molecule has 0 heterocycles. The molecule has 2 rings (SSSR count). The Morgan fingerprint density at radius 1 is 1.04 bits per heavy atom. The Kier molecular flexibility index (Phi) is 9.44. The highest BCUT2D eigenvalue weighted by atomic mass is 127. The van der Waals surface area contributed by atoms with E-state index < -0.39 is 0 Å². The SMILES string of the molecule is CCOCCOCc1cccc(CNC(=O)COc2ccc(I)cc2)c1. The van der Waals surface area contributed by atoms with Gasteiger partial charge in [0.2, 0.25) is 0 Å². The minimum Gasteiger partial charge on any atom is -0.484 e. The predicted molar refractivity (Wildman–Crippen MR) is 109 cm³/mol. The van der Waals surface area contributed by atoms with Crippen molar-refractivity contribution >= 4 is 28.5 Å². The first-order valence-electron chi connectivity index (χ1n) is 8.55. The number of hydrogen-bond donors (Lipinski definition) is 1. The van der Waals surface area contributed by atoms with Gasteiger partial charge in [0.1, 0.15) is 5.75 Å². The van der Waals surface area contributed by atoms with Crippen LogP contribution in [0.5, 0.6) is 5.75 Å². The van der Waals surface area contributed by atoms with E-state index in [0.29, 0.717) is 38.7 Å². The van der Waals surface area contributed by atoms with Gasteiger partial charge in [0, 0.05) is 16.7 Å². The normalized spacial score (nSPS) is 10.5. The van der Waals surface area contributed by atoms with Crippen LogP contribution in [0.4, 0.5) is 0 Å². The monoisotopic (exact) mass is 469 g/mol. The standard InChI is InChI=1S/C20H24INO4/c1-2-24-10-11-25-14-17-5-3-4-16(12-17)13-22-20(23)15-26-19-8-6-18(21)7-9-19/h3-9,12H,2,10-11,13-15H2,1H3,(H,22,23). The highest BCUT2D eigenvalue weighted by molar-refractivity contribution is 14.1. The molecule has 1 N–H and O–H groups in total. The van der Waals surface area contributed by atoms with Crippen LogP contribution in [-0.2, 0) is 27.4 Å². The summed E-state index contributed by atoms with van der Waals surface area (Å²) in [6.07, 6.45) is 0. The second-order valence-electron chi connectivity index (χ2n) is 5.59. The molecule has 6 heteroatoms. The summed E-state index contributed by atoms with van der Waals surface area (Å²) in [5.41, 5.74) is 2.10. The summed E-state index contributed by atoms with van der Waals surface area (Å²) in [5, 5.41) is 2.87. The van der Waals surface area contributed by atoms with Gasteiger partial charge in [0.05, 0.1) is 19.8 Å². The van der Waals surface area contributed by atoms with Gasteiger partial charge in [0.15, 0.2) is 6.61 Å². The van der Waals surface area contributed by atoms with Crippen LogP contribution in [0.2, 0.25) is 0 Å². The van der Waals surface area contributed by atoms with Crippen molar-refractivity contribution < 1.29 is 19.0 Å². The summed E-state index contributed by atoms with van der Waals surface area (Å²) < 4.78 is 17.4. The van der Waals surface area contributed by atoms with Crippen molar-refractivity contribution in [1.82, 2.24) is 5.32 Å². The molecule has 0 unspecified atom stereocenters. The van der Waals surface area contributed by atoms with E-state index in [1.54, 1.807) is 0 Å². The molecule has 0 saturated heterocycles. The average Bonchev–Trinajstić information content (AvgIpc) is 2.66. The van der Waals surface area contributed by atoms with Gasteiger partial charge in [0.25, 0.3) is 5.91 Å². The Balaban J connectivity index is 1.70. The van der Waals surface area contributed by atoms with E-state index in [2.05, 4.69) is 27.9 Å². The largest absolute Gasteiger partial charge is 0.484 e. The highest BCUT2D eigenvalue weighted by Crippen LogP contribution is 2.13. The summed E-state index contributed by atoms with van der Waals surface area (Å²) in [7, 11) is 0. The average molecular weight is 469 g/mol. The zero-order valence-electron chi connectivity index (χ0n) is 14.9. The molecule has 2 aromatic rings. The van der Waals surface area contributed by atoms with E-state index in [1.807, 2.05) is 55.5 Å². The summed E-state index contributed by atoms with van der Waals surface area (Å²) in [6.45, 7) is 4.83. The molecule has 2 aromatic carbocycles. The third-order valence-corrected chi connectivity index (χ3v) is 4.23. The number of nitrogens with one attached hydrogen (secondary N) is 1. The second kappa shape index (κ2) is 11.9. The summed E-state index contributed by atoms with van der Waals surface area (Å²) >= 11 is 2.22. The molecular weight excluding hydrogens is 445 g/mol. The molecule has 0 aliphatic carbocycles. The molecule has 5 nitrogen and oxygen atoms in total. The lowest BCUT2D eigenvalue weighted by Gasteiger charge is -2.09. The Morgan fingerprint density at radius 3 is 2.54 bits per heavy atom. The maximum absolute atomic E-state index is 11.9. The minimum atomic E-state index is -0.151. The third kappa shape index (κ3) is 8.16. The number of hydrogen-bond acceptors (Lipinski definition) is 4. The van der Waals surface area contributed by atoms with Crippen molar-refractivity contribution in [2.24, 2.45) is 0 Å². The quantitative estimate of drug-likeness (QED) is 0.404. The Hall–Kier alpha value is -1.64. The van der Waals surface area contributed by atoms with Crippen LogP contribution in [0.1, 0.15) is 18.1 Å². The van der Waals surface area contributed by atoms with E-state index in [1.165, 1.54) is 0 Å². The molecule has 26 heavy (non-hydrogen) atoms. The fraction of sp³-hybridized carbons (Fsp3) is 0.350. The number of ether oxygens (including phenoxy) is 3. The molecule has 0 aliphatic heterocycles. The predicted octanol–water partition coefficient (Wildman–Crippen LogP) is 3.54. The maximum atomic E-state index is 11.9. The van der Waals surface area contributed by atoms with Crippen LogP contribution >= 0.6 is 22.6 Å². The maximum Gasteiger partial charge on any atom is 0.258 e. The van der Waals surface area contributed by atoms with Gasteiger partial charge in [-0.15, -0.1) is 0 Å². The molecule has 0 bridgehead atoms. The summed E-state index contributed by atoms with van der Waals surface area (Å²) in [5.74, 6) is 0.536. The van der Waals surface area contributed by atoms with Crippen LogP contribution in [0.25, 0.3) is 0 Å². The molecule has 140 valence electrons. The van der Waals surface area contributed by atoms with Gasteiger partial charge < -0.3 is 19.5 Å². The molecule has 0 saturated carbocycles. The Labute approximate surface area is 168 Å². The van der Waals surface area contributed by atoms with Crippen molar-refractivity contribution in [3.05, 3.63) is 63.2 Å². The van der Waals surface area contributed by atoms with Crippen LogP contribution in [0.15, 0.2) is 48.5 Å². The number of rotatable bonds is 11. The van der Waals surface area contributed by atoms with E-state index in [0.717, 1.165) is 14.7 Å². The van der Waals surface area contributed by atoms with Gasteiger partial charge >= 0.3 is 0 Å². The van der Waals surface area contributed by atoms with E-state index in [9.17, 15) is 4.79 Å². The lowest BCUT2D eigenvalue weighted by Crippen LogP contribution is -2.28. The molecule has 0 spiro atoms. The molecule has 1 amide bonds. The smallest absolute Gasteiger partial charge is 0.258 e. The fourth-order valence-corrected chi connectivity index (χ4v) is 2.57. The van der Waals surface area contributed by atoms with E-state index >= 15 is 0 Å². The van der Waals surface area contributed by atoms with Crippen molar-refractivity contribution in [1.29, 1.82) is 0 Å². The van der Waals surface area contributed by atoms with Crippen molar-refractivity contribution in [3.63, 3.8) is 0 Å². The first-order chi connectivity index (χ1) is 12.7. The molecular formula is C20H24INO4. The molecule has 0 aliphatic rings. The van der Waals surface area contributed by atoms with Crippen molar-refractivity contribution in [2.45, 2.75) is 20.1 Å². The second-order valence-corrected chi connectivity index (χ2v) is 6.83. The number of carbonyl (C=O) groups excluding carboxylic acids is 1. The van der Waals surface area contributed by atoms with Crippen LogP contribution < -0.4 is 10.1 Å². The molecule has 0 aromatic heterocycles. The van der Waals surface area contributed by atoms with Crippen LogP contribution in [-0.4, -0.2) is 32.3 Å². The van der Waals surface area contributed by atoms with Crippen LogP contribution in [0.3, 0.4) is 0 Å². The number of carbonyl (C=O) groups is 1. The van der Waals surface area contributed by atoms with Gasteiger partial charge in [-0.05, 0) is 64.9 Å². The zero-order valence-corrected chi connectivity index (χ0v) is 17.0. The van der Waals surface area contributed by atoms with E-state index in [4.69, 9.17) is 14.2 Å². The number of benzene rings is 2. The first-order valence-corrected chi connectivity index (χ1v) is 9.63. The van der Waals surface area contributed by atoms with Crippen molar-refractivity contribution in [3.8, 4) is 5.75 Å². The lowest BCUT2D eigenvalue weighted by molar-refractivity contribution is -0.123. The number of amides is 1. The topological polar surface area (TPSA) is 56.8 Å². The Morgan fingerprint density at radius 2 is 1.77 bits per heavy atom. The minimum absolute atomic E-state index is 0.000816. The third-order valence-electron chi connectivity index (χ3n) is 3.51. The zero-order chi connectivity index (χ0) is 18.6. The van der Waals surface area contributed by atoms with Gasteiger partial charge in [-0.3, -0.25) is 4.79 Å². The van der Waals surface area contributed by atoms with E-state index in [-0.39, 0.29) is 12.5 Å². The molecule has 0 radical (unpaired) electrons. The fourth-order valence-electron chi connectivity index (χ4n) is 2.21. The summed E-state index contributed by atoms with van der Waals surface area (Å²) in [6, 6.07) is 15.6.